The molecule has 4 bridgehead atoms. The Hall–Kier alpha value is -0.900. The van der Waals surface area contributed by atoms with Gasteiger partial charge in [0, 0.05) is 10.3 Å². The molecule has 4 aliphatic carbocycles. The molecule has 0 spiro atoms. The summed E-state index contributed by atoms with van der Waals surface area (Å²) in [5.41, 5.74) is 1.13. The van der Waals surface area contributed by atoms with E-state index in [0.29, 0.717) is 50.4 Å². The molecule has 0 aliphatic heterocycles. The average Bonchev–Trinajstić information content (AvgIpc) is 3.68. The number of carbonyl (C=O) groups is 2. The third-order valence-electron chi connectivity index (χ3n) is 10.6. The molecule has 8 heteroatoms. The maximum atomic E-state index is 13.6. The van der Waals surface area contributed by atoms with Crippen LogP contribution in [0.25, 0.3) is 0 Å². The van der Waals surface area contributed by atoms with Gasteiger partial charge >= 0.3 is 11.9 Å². The van der Waals surface area contributed by atoms with Crippen molar-refractivity contribution in [1.82, 2.24) is 0 Å². The van der Waals surface area contributed by atoms with Gasteiger partial charge in [0.1, 0.15) is 12.2 Å². The number of carbonyl (C=O) groups excluding carboxylic acids is 2. The van der Waals surface area contributed by atoms with E-state index < -0.39 is 12.2 Å². The molecule has 0 amide bonds. The van der Waals surface area contributed by atoms with Gasteiger partial charge in [0.2, 0.25) is 0 Å². The van der Waals surface area contributed by atoms with Gasteiger partial charge in [0.05, 0.1) is 11.1 Å². The molecule has 4 saturated carbocycles. The molecular formula is C30H38O4P4. The number of hydrogen-bond donors (Lipinski definition) is 0. The monoisotopic (exact) mass is 586 g/mol. The zero-order valence-electron chi connectivity index (χ0n) is 22.5. The topological polar surface area (TPSA) is 52.6 Å². The van der Waals surface area contributed by atoms with Gasteiger partial charge in [-0.3, -0.25) is 0 Å². The Labute approximate surface area is 233 Å². The quantitative estimate of drug-likeness (QED) is 0.202. The second-order valence-electron chi connectivity index (χ2n) is 11.6. The van der Waals surface area contributed by atoms with Crippen LogP contribution in [0.1, 0.15) is 46.4 Å². The highest BCUT2D eigenvalue weighted by molar-refractivity contribution is 7.43. The molecule has 0 heterocycles. The molecule has 0 aromatic heterocycles. The molecule has 2 aromatic rings. The third kappa shape index (κ3) is 3.63. The average molecular weight is 587 g/mol. The van der Waals surface area contributed by atoms with Crippen LogP contribution < -0.4 is 0 Å². The van der Waals surface area contributed by atoms with Crippen molar-refractivity contribution in [1.29, 1.82) is 0 Å². The fourth-order valence-electron chi connectivity index (χ4n) is 9.09. The highest BCUT2D eigenvalue weighted by atomic mass is 31.1. The van der Waals surface area contributed by atoms with Crippen LogP contribution in [0.3, 0.4) is 0 Å². The summed E-state index contributed by atoms with van der Waals surface area (Å²) in [5.74, 6) is 0.484. The van der Waals surface area contributed by atoms with E-state index >= 15 is 0 Å². The van der Waals surface area contributed by atoms with Crippen molar-refractivity contribution in [2.75, 3.05) is 26.7 Å². The van der Waals surface area contributed by atoms with Crippen molar-refractivity contribution in [3.05, 3.63) is 71.8 Å². The van der Waals surface area contributed by atoms with Gasteiger partial charge in [0.15, 0.2) is 0 Å². The summed E-state index contributed by atoms with van der Waals surface area (Å²) in [6, 6.07) is 18.6. The van der Waals surface area contributed by atoms with E-state index in [0.717, 1.165) is 23.6 Å². The maximum Gasteiger partial charge on any atom is 0.338 e. The second-order valence-corrected chi connectivity index (χ2v) is 17.4. The first-order chi connectivity index (χ1) is 18.4. The van der Waals surface area contributed by atoms with Crippen molar-refractivity contribution in [3.8, 4) is 0 Å². The predicted molar refractivity (Wildman–Crippen MR) is 165 cm³/mol. The van der Waals surface area contributed by atoms with Crippen molar-refractivity contribution < 1.29 is 19.1 Å². The lowest BCUT2D eigenvalue weighted by molar-refractivity contribution is -0.0719. The summed E-state index contributed by atoms with van der Waals surface area (Å²) in [7, 11) is 3.04. The van der Waals surface area contributed by atoms with Gasteiger partial charge in [-0.05, 0) is 98.8 Å². The van der Waals surface area contributed by atoms with Crippen LogP contribution in [0.2, 0.25) is 0 Å². The summed E-state index contributed by atoms with van der Waals surface area (Å²) in [4.78, 5) is 27.2. The van der Waals surface area contributed by atoms with Crippen LogP contribution in [0, 0.1) is 11.8 Å². The molecule has 6 rings (SSSR count). The highest BCUT2D eigenvalue weighted by Crippen LogP contribution is 2.85. The molecule has 12 atom stereocenters. The fourth-order valence-corrected chi connectivity index (χ4v) is 16.4. The zero-order valence-corrected chi connectivity index (χ0v) is 26.5. The van der Waals surface area contributed by atoms with Crippen LogP contribution >= 0.6 is 34.3 Å². The Morgan fingerprint density at radius 1 is 0.632 bits per heavy atom. The number of rotatable bonds is 8. The van der Waals surface area contributed by atoms with Gasteiger partial charge in [-0.1, -0.05) is 36.4 Å². The van der Waals surface area contributed by atoms with E-state index in [-0.39, 0.29) is 22.3 Å². The molecule has 0 radical (unpaired) electrons. The largest absolute Gasteiger partial charge is 0.454 e. The predicted octanol–water partition coefficient (Wildman–Crippen LogP) is 6.47. The minimum Gasteiger partial charge on any atom is -0.454 e. The van der Waals surface area contributed by atoms with Crippen LogP contribution in [0.5, 0.6) is 0 Å². The summed E-state index contributed by atoms with van der Waals surface area (Å²) in [5, 5.41) is 0.406. The first-order valence-corrected chi connectivity index (χ1v) is 19.6. The third-order valence-corrected chi connectivity index (χ3v) is 17.4. The highest BCUT2D eigenvalue weighted by Gasteiger charge is 2.85. The van der Waals surface area contributed by atoms with Gasteiger partial charge in [-0.15, -0.1) is 34.3 Å². The normalized spacial score (nSPS) is 41.5. The maximum absolute atomic E-state index is 13.6. The van der Waals surface area contributed by atoms with Crippen molar-refractivity contribution >= 4 is 46.3 Å². The number of benzene rings is 2. The van der Waals surface area contributed by atoms with E-state index in [1.165, 1.54) is 19.3 Å². The Morgan fingerprint density at radius 2 is 1.03 bits per heavy atom. The number of fused-ring (bicyclic) bond motifs is 9. The molecule has 0 N–H and O–H groups in total. The Morgan fingerprint density at radius 3 is 1.37 bits per heavy atom. The van der Waals surface area contributed by atoms with Crippen molar-refractivity contribution in [2.45, 2.75) is 58.5 Å². The van der Waals surface area contributed by atoms with Crippen LogP contribution in [-0.4, -0.2) is 71.4 Å². The second kappa shape index (κ2) is 9.88. The molecule has 2 aromatic carbocycles. The van der Waals surface area contributed by atoms with Crippen molar-refractivity contribution in [2.24, 2.45) is 11.8 Å². The van der Waals surface area contributed by atoms with E-state index in [9.17, 15) is 9.59 Å². The molecule has 4 nitrogen and oxygen atoms in total. The molecular weight excluding hydrogens is 548 g/mol. The summed E-state index contributed by atoms with van der Waals surface area (Å²) in [6.45, 7) is 9.45. The Kier molecular flexibility index (Phi) is 7.09. The van der Waals surface area contributed by atoms with Gasteiger partial charge in [0.25, 0.3) is 0 Å². The van der Waals surface area contributed by atoms with Crippen LogP contribution in [0.15, 0.2) is 60.7 Å². The standard InChI is InChI=1S/C30H38O4P4/c1-35-27-15-16-28(17-27,36-2)22-21(27)29(37-3)18-30(22,38-4)24(34-26(32)20-13-9-6-10-14-20)23(29)33-25(31)19-11-7-5-8-12-19/h5-14,21-24,35-38H,15-18H2,1-4H3. The summed E-state index contributed by atoms with van der Waals surface area (Å²) in [6.07, 6.45) is 4.09. The number of hydrogen-bond acceptors (Lipinski definition) is 4. The summed E-state index contributed by atoms with van der Waals surface area (Å²) < 4.78 is 13.1. The van der Waals surface area contributed by atoms with Gasteiger partial charge < -0.3 is 9.47 Å². The lowest BCUT2D eigenvalue weighted by atomic mass is 9.67. The van der Waals surface area contributed by atoms with Gasteiger partial charge in [-0.25, -0.2) is 9.59 Å². The fraction of sp³-hybridized carbons (Fsp3) is 0.533. The Bertz CT molecular complexity index is 1130. The van der Waals surface area contributed by atoms with E-state index in [4.69, 9.17) is 9.47 Å². The number of ether oxygens (including phenoxy) is 2. The first kappa shape index (κ1) is 27.3. The SMILES string of the molecule is CPC12CCC(PC)(C1)C1C2C2(PC)CC1(PC)C(OC(=O)c1ccccc1)C2OC(=O)c1ccccc1. The minimum absolute atomic E-state index is 0.134. The minimum atomic E-state index is -0.412. The molecule has 0 saturated heterocycles. The van der Waals surface area contributed by atoms with E-state index in [1.807, 2.05) is 60.7 Å². The lowest BCUT2D eigenvalue weighted by Crippen LogP contribution is -2.63. The lowest BCUT2D eigenvalue weighted by Gasteiger charge is -2.56. The van der Waals surface area contributed by atoms with E-state index in [1.54, 1.807) is 0 Å². The number of esters is 2. The first-order valence-electron chi connectivity index (χ1n) is 13.6. The van der Waals surface area contributed by atoms with Gasteiger partial charge in [-0.2, -0.15) is 0 Å². The van der Waals surface area contributed by atoms with Crippen LogP contribution in [0.4, 0.5) is 0 Å². The van der Waals surface area contributed by atoms with Crippen LogP contribution in [-0.2, 0) is 9.47 Å². The molecule has 12 unspecified atom stereocenters. The molecule has 4 fully saturated rings. The molecule has 4 aliphatic rings. The summed E-state index contributed by atoms with van der Waals surface area (Å²) >= 11 is 0. The zero-order chi connectivity index (χ0) is 26.8. The van der Waals surface area contributed by atoms with Crippen molar-refractivity contribution in [3.63, 3.8) is 0 Å². The van der Waals surface area contributed by atoms with E-state index in [2.05, 4.69) is 26.7 Å². The smallest absolute Gasteiger partial charge is 0.338 e. The Balaban J connectivity index is 1.48. The molecule has 202 valence electrons. The molecule has 38 heavy (non-hydrogen) atoms.